The molecule has 3 amide bonds. The van der Waals surface area contributed by atoms with Gasteiger partial charge in [-0.05, 0) is 19.8 Å². The van der Waals surface area contributed by atoms with Crippen LogP contribution >= 0.6 is 11.8 Å². The molecule has 3 N–H and O–H groups in total. The zero-order valence-corrected chi connectivity index (χ0v) is 12.4. The number of hydrogen-bond donors (Lipinski definition) is 3. The molecule has 0 spiro atoms. The molecule has 20 heavy (non-hydrogen) atoms. The smallest absolute Gasteiger partial charge is 0.321 e. The van der Waals surface area contributed by atoms with E-state index in [0.29, 0.717) is 11.1 Å². The molecule has 110 valence electrons. The topological polar surface area (TPSA) is 99.8 Å². The summed E-state index contributed by atoms with van der Waals surface area (Å²) < 4.78 is 0. The minimum absolute atomic E-state index is 0.360. The molecule has 0 unspecified atom stereocenters. The van der Waals surface area contributed by atoms with Gasteiger partial charge in [-0.2, -0.15) is 0 Å². The van der Waals surface area contributed by atoms with Crippen LogP contribution < -0.4 is 10.6 Å². The van der Waals surface area contributed by atoms with Crippen LogP contribution in [0.15, 0.2) is 5.16 Å². The fourth-order valence-electron chi connectivity index (χ4n) is 2.18. The van der Waals surface area contributed by atoms with Crippen molar-refractivity contribution in [1.29, 1.82) is 0 Å². The Labute approximate surface area is 121 Å². The van der Waals surface area contributed by atoms with Gasteiger partial charge in [0.1, 0.15) is 5.82 Å². The summed E-state index contributed by atoms with van der Waals surface area (Å²) in [5.74, 6) is 1.01. The summed E-state index contributed by atoms with van der Waals surface area (Å²) in [7, 11) is 1.46. The summed E-state index contributed by atoms with van der Waals surface area (Å²) in [6.07, 6.45) is 4.76. The molecule has 1 fully saturated rings. The zero-order valence-electron chi connectivity index (χ0n) is 11.6. The first kappa shape index (κ1) is 14.8. The van der Waals surface area contributed by atoms with Crippen LogP contribution in [0.3, 0.4) is 0 Å². The van der Waals surface area contributed by atoms with Crippen molar-refractivity contribution in [3.05, 3.63) is 5.82 Å². The van der Waals surface area contributed by atoms with Crippen LogP contribution in [-0.4, -0.2) is 39.4 Å². The van der Waals surface area contributed by atoms with E-state index in [1.807, 2.05) is 0 Å². The second-order valence-corrected chi connectivity index (χ2v) is 6.12. The van der Waals surface area contributed by atoms with E-state index >= 15 is 0 Å². The highest BCUT2D eigenvalue weighted by molar-refractivity contribution is 8.00. The molecule has 1 atom stereocenters. The first-order chi connectivity index (χ1) is 9.60. The molecule has 1 aliphatic rings. The van der Waals surface area contributed by atoms with E-state index in [2.05, 4.69) is 25.8 Å². The number of nitrogens with zero attached hydrogens (tertiary/aromatic N) is 2. The predicted molar refractivity (Wildman–Crippen MR) is 75.5 cm³/mol. The van der Waals surface area contributed by atoms with E-state index in [9.17, 15) is 9.59 Å². The van der Waals surface area contributed by atoms with Gasteiger partial charge in [-0.15, -0.1) is 5.10 Å². The number of aromatic amines is 1. The van der Waals surface area contributed by atoms with Crippen LogP contribution in [0.2, 0.25) is 0 Å². The summed E-state index contributed by atoms with van der Waals surface area (Å²) in [6, 6.07) is -0.510. The van der Waals surface area contributed by atoms with Gasteiger partial charge in [-0.1, -0.05) is 24.6 Å². The molecule has 1 saturated carbocycles. The summed E-state index contributed by atoms with van der Waals surface area (Å²) >= 11 is 1.24. The monoisotopic (exact) mass is 297 g/mol. The first-order valence-corrected chi connectivity index (χ1v) is 7.59. The largest absolute Gasteiger partial charge is 0.341 e. The van der Waals surface area contributed by atoms with Crippen molar-refractivity contribution < 1.29 is 9.59 Å². The Balaban J connectivity index is 1.89. The van der Waals surface area contributed by atoms with Crippen LogP contribution in [0, 0.1) is 0 Å². The number of carbonyl (C=O) groups excluding carboxylic acids is 2. The molecule has 2 rings (SSSR count). The van der Waals surface area contributed by atoms with E-state index in [-0.39, 0.29) is 5.91 Å². The molecule has 8 heteroatoms. The van der Waals surface area contributed by atoms with Gasteiger partial charge in [-0.3, -0.25) is 15.2 Å². The van der Waals surface area contributed by atoms with Crippen molar-refractivity contribution in [3.63, 3.8) is 0 Å². The predicted octanol–water partition coefficient (Wildman–Crippen LogP) is 1.40. The average Bonchev–Trinajstić information content (AvgIpc) is 3.08. The number of hydrogen-bond acceptors (Lipinski definition) is 5. The number of rotatable bonds is 4. The molecule has 0 aromatic carbocycles. The SMILES string of the molecule is CNC(=O)NC(=O)[C@@H](C)Sc1n[nH]c(C2CCCC2)n1. The molecule has 0 bridgehead atoms. The number of nitrogens with one attached hydrogen (secondary N) is 3. The Bertz CT molecular complexity index is 484. The van der Waals surface area contributed by atoms with Crippen molar-refractivity contribution in [2.24, 2.45) is 0 Å². The van der Waals surface area contributed by atoms with Gasteiger partial charge < -0.3 is 5.32 Å². The Hall–Kier alpha value is -1.57. The lowest BCUT2D eigenvalue weighted by atomic mass is 10.1. The number of carbonyl (C=O) groups is 2. The fraction of sp³-hybridized carbons (Fsp3) is 0.667. The van der Waals surface area contributed by atoms with Crippen molar-refractivity contribution in [2.75, 3.05) is 7.05 Å². The molecule has 1 heterocycles. The van der Waals surface area contributed by atoms with E-state index in [1.165, 1.54) is 31.7 Å². The minimum Gasteiger partial charge on any atom is -0.341 e. The van der Waals surface area contributed by atoms with Crippen molar-refractivity contribution >= 4 is 23.7 Å². The summed E-state index contributed by atoms with van der Waals surface area (Å²) in [4.78, 5) is 27.2. The maximum atomic E-state index is 11.7. The highest BCUT2D eigenvalue weighted by Crippen LogP contribution is 2.32. The molecule has 1 aliphatic carbocycles. The van der Waals surface area contributed by atoms with Gasteiger partial charge in [0.05, 0.1) is 5.25 Å². The third-order valence-corrected chi connectivity index (χ3v) is 4.30. The maximum absolute atomic E-state index is 11.7. The molecular formula is C12H19N5O2S. The first-order valence-electron chi connectivity index (χ1n) is 6.71. The summed E-state index contributed by atoms with van der Waals surface area (Å²) in [5, 5.41) is 11.8. The van der Waals surface area contributed by atoms with Crippen molar-refractivity contribution in [3.8, 4) is 0 Å². The quantitative estimate of drug-likeness (QED) is 0.729. The standard InChI is InChI=1S/C12H19N5O2S/c1-7(10(18)15-11(19)13-2)20-12-14-9(16-17-12)8-5-3-4-6-8/h7-8H,3-6H2,1-2H3,(H,14,16,17)(H2,13,15,18,19)/t7-/m1/s1. The van der Waals surface area contributed by atoms with Crippen molar-refractivity contribution in [1.82, 2.24) is 25.8 Å². The number of thioether (sulfide) groups is 1. The lowest BCUT2D eigenvalue weighted by Crippen LogP contribution is -2.41. The summed E-state index contributed by atoms with van der Waals surface area (Å²) in [5.41, 5.74) is 0. The van der Waals surface area contributed by atoms with Gasteiger partial charge in [0.25, 0.3) is 0 Å². The minimum atomic E-state index is -0.510. The number of amides is 3. The highest BCUT2D eigenvalue weighted by atomic mass is 32.2. The highest BCUT2D eigenvalue weighted by Gasteiger charge is 2.23. The second-order valence-electron chi connectivity index (χ2n) is 4.81. The van der Waals surface area contributed by atoms with Crippen LogP contribution in [-0.2, 0) is 4.79 Å². The average molecular weight is 297 g/mol. The van der Waals surface area contributed by atoms with Crippen LogP contribution in [0.5, 0.6) is 0 Å². The van der Waals surface area contributed by atoms with Crippen molar-refractivity contribution in [2.45, 2.75) is 48.9 Å². The second kappa shape index (κ2) is 6.74. The third-order valence-electron chi connectivity index (χ3n) is 3.34. The molecule has 1 aromatic heterocycles. The van der Waals surface area contributed by atoms with Crippen LogP contribution in [0.1, 0.15) is 44.3 Å². The third kappa shape index (κ3) is 3.72. The molecule has 0 aliphatic heterocycles. The Kier molecular flexibility index (Phi) is 4.99. The Morgan fingerprint density at radius 1 is 1.40 bits per heavy atom. The molecule has 1 aromatic rings. The van der Waals surface area contributed by atoms with Gasteiger partial charge in [0.15, 0.2) is 0 Å². The van der Waals surface area contributed by atoms with Gasteiger partial charge in [0.2, 0.25) is 11.1 Å². The van der Waals surface area contributed by atoms with Gasteiger partial charge in [-0.25, -0.2) is 9.78 Å². The number of aromatic nitrogens is 3. The number of urea groups is 1. The van der Waals surface area contributed by atoms with Gasteiger partial charge >= 0.3 is 6.03 Å². The van der Waals surface area contributed by atoms with E-state index in [1.54, 1.807) is 6.92 Å². The molecule has 7 nitrogen and oxygen atoms in total. The lowest BCUT2D eigenvalue weighted by Gasteiger charge is -2.08. The van der Waals surface area contributed by atoms with Crippen LogP contribution in [0.4, 0.5) is 4.79 Å². The summed E-state index contributed by atoms with van der Waals surface area (Å²) in [6.45, 7) is 1.72. The van der Waals surface area contributed by atoms with Gasteiger partial charge in [0, 0.05) is 13.0 Å². The zero-order chi connectivity index (χ0) is 14.5. The number of imide groups is 1. The molecule has 0 saturated heterocycles. The van der Waals surface area contributed by atoms with E-state index < -0.39 is 11.3 Å². The maximum Gasteiger partial charge on any atom is 0.321 e. The normalized spacial score (nSPS) is 16.9. The van der Waals surface area contributed by atoms with Crippen LogP contribution in [0.25, 0.3) is 0 Å². The van der Waals surface area contributed by atoms with E-state index in [4.69, 9.17) is 0 Å². The lowest BCUT2D eigenvalue weighted by molar-refractivity contribution is -0.119. The van der Waals surface area contributed by atoms with E-state index in [0.717, 1.165) is 18.7 Å². The molecular weight excluding hydrogens is 278 g/mol. The molecule has 0 radical (unpaired) electrons. The Morgan fingerprint density at radius 3 is 2.75 bits per heavy atom. The fourth-order valence-corrected chi connectivity index (χ4v) is 2.91. The Morgan fingerprint density at radius 2 is 2.10 bits per heavy atom. The number of H-pyrrole nitrogens is 1.